The molecule has 0 fully saturated rings. The molecule has 6 heteroatoms. The molecule has 1 aromatic heterocycles. The molecule has 2 aromatic rings. The molecule has 22 heavy (non-hydrogen) atoms. The number of carbonyl (C=O) groups excluding carboxylic acids is 2. The zero-order chi connectivity index (χ0) is 15.9. The molecule has 1 heterocycles. The third-order valence-corrected chi connectivity index (χ3v) is 2.82. The van der Waals surface area contributed by atoms with Crippen LogP contribution in [-0.4, -0.2) is 30.3 Å². The third-order valence-electron chi connectivity index (χ3n) is 2.82. The summed E-state index contributed by atoms with van der Waals surface area (Å²) in [4.78, 5) is 24.9. The van der Waals surface area contributed by atoms with Crippen molar-refractivity contribution in [3.8, 4) is 0 Å². The number of nitrogens with zero attached hydrogens (tertiary/aromatic N) is 1. The zero-order valence-corrected chi connectivity index (χ0v) is 12.0. The van der Waals surface area contributed by atoms with Crippen LogP contribution in [0.25, 0.3) is 6.08 Å². The van der Waals surface area contributed by atoms with E-state index in [1.54, 1.807) is 12.1 Å². The summed E-state index contributed by atoms with van der Waals surface area (Å²) in [5, 5.41) is 2.58. The average Bonchev–Trinajstić information content (AvgIpc) is 3.00. The lowest BCUT2D eigenvalue weighted by atomic mass is 10.3. The molecular weight excluding hydrogens is 287 g/mol. The van der Waals surface area contributed by atoms with E-state index in [0.717, 1.165) is 0 Å². The fourth-order valence-corrected chi connectivity index (χ4v) is 1.69. The number of carbonyl (C=O) groups is 2. The minimum atomic E-state index is -0.381. The Morgan fingerprint density at radius 1 is 1.27 bits per heavy atom. The number of benzene rings is 1. The Morgan fingerprint density at radius 2 is 2.00 bits per heavy atom. The van der Waals surface area contributed by atoms with Gasteiger partial charge in [0.1, 0.15) is 11.6 Å². The Hall–Kier alpha value is -2.89. The van der Waals surface area contributed by atoms with Gasteiger partial charge in [0.15, 0.2) is 0 Å². The number of hydrogen-bond donors (Lipinski definition) is 1. The molecule has 0 unspecified atom stereocenters. The zero-order valence-electron chi connectivity index (χ0n) is 12.0. The highest BCUT2D eigenvalue weighted by atomic mass is 19.1. The van der Waals surface area contributed by atoms with Crippen molar-refractivity contribution >= 4 is 23.6 Å². The van der Waals surface area contributed by atoms with Crippen LogP contribution in [0.15, 0.2) is 53.2 Å². The van der Waals surface area contributed by atoms with Crippen LogP contribution in [0.4, 0.5) is 10.1 Å². The largest absolute Gasteiger partial charge is 0.465 e. The summed E-state index contributed by atoms with van der Waals surface area (Å²) in [5.74, 6) is -0.523. The predicted molar refractivity (Wildman–Crippen MR) is 80.4 cm³/mol. The molecule has 1 N–H and O–H groups in total. The highest BCUT2D eigenvalue weighted by Gasteiger charge is 2.10. The number of furan rings is 1. The van der Waals surface area contributed by atoms with Crippen molar-refractivity contribution < 1.29 is 18.4 Å². The fraction of sp³-hybridized carbons (Fsp3) is 0.125. The van der Waals surface area contributed by atoms with Crippen molar-refractivity contribution in [1.29, 1.82) is 0 Å². The van der Waals surface area contributed by atoms with Crippen molar-refractivity contribution in [2.75, 3.05) is 18.9 Å². The van der Waals surface area contributed by atoms with Crippen molar-refractivity contribution in [1.82, 2.24) is 4.90 Å². The summed E-state index contributed by atoms with van der Waals surface area (Å²) in [6, 6.07) is 8.82. The summed E-state index contributed by atoms with van der Waals surface area (Å²) in [5.41, 5.74) is 0.471. The second-order valence-corrected chi connectivity index (χ2v) is 4.60. The molecule has 2 rings (SSSR count). The Labute approximate surface area is 127 Å². The van der Waals surface area contributed by atoms with Crippen LogP contribution < -0.4 is 5.32 Å². The molecule has 5 nitrogen and oxygen atoms in total. The smallest absolute Gasteiger partial charge is 0.246 e. The number of anilines is 1. The molecular formula is C16H15FN2O3. The molecule has 2 amide bonds. The van der Waals surface area contributed by atoms with E-state index in [1.807, 2.05) is 0 Å². The van der Waals surface area contributed by atoms with E-state index in [2.05, 4.69) is 5.32 Å². The minimum absolute atomic E-state index is 0.112. The number of hydrogen-bond acceptors (Lipinski definition) is 3. The Kier molecular flexibility index (Phi) is 5.08. The first kappa shape index (κ1) is 15.5. The highest BCUT2D eigenvalue weighted by molar-refractivity contribution is 5.97. The lowest BCUT2D eigenvalue weighted by molar-refractivity contribution is -0.129. The number of likely N-dealkylation sites (N-methyl/N-ethyl adjacent to an activating group) is 1. The van der Waals surface area contributed by atoms with Gasteiger partial charge in [-0.15, -0.1) is 0 Å². The van der Waals surface area contributed by atoms with Gasteiger partial charge in [-0.2, -0.15) is 0 Å². The molecule has 0 bridgehead atoms. The maximum absolute atomic E-state index is 12.8. The summed E-state index contributed by atoms with van der Waals surface area (Å²) < 4.78 is 17.8. The van der Waals surface area contributed by atoms with Gasteiger partial charge in [-0.1, -0.05) is 0 Å². The van der Waals surface area contributed by atoms with Crippen LogP contribution in [0.3, 0.4) is 0 Å². The first-order chi connectivity index (χ1) is 10.5. The van der Waals surface area contributed by atoms with Crippen molar-refractivity contribution in [3.05, 3.63) is 60.3 Å². The van der Waals surface area contributed by atoms with Crippen LogP contribution in [0.2, 0.25) is 0 Å². The van der Waals surface area contributed by atoms with E-state index < -0.39 is 0 Å². The van der Waals surface area contributed by atoms with Gasteiger partial charge in [0, 0.05) is 18.8 Å². The van der Waals surface area contributed by atoms with E-state index >= 15 is 0 Å². The van der Waals surface area contributed by atoms with E-state index in [1.165, 1.54) is 54.6 Å². The normalized spacial score (nSPS) is 10.6. The number of rotatable bonds is 5. The maximum Gasteiger partial charge on any atom is 0.246 e. The molecule has 114 valence electrons. The van der Waals surface area contributed by atoms with Crippen molar-refractivity contribution in [2.45, 2.75) is 0 Å². The molecule has 0 radical (unpaired) electrons. The lowest BCUT2D eigenvalue weighted by Crippen LogP contribution is -2.33. The standard InChI is InChI=1S/C16H15FN2O3/c1-19(16(21)9-8-14-3-2-10-22-14)11-15(20)18-13-6-4-12(17)5-7-13/h2-10H,11H2,1H3,(H,18,20)/b9-8+. The second-order valence-electron chi connectivity index (χ2n) is 4.60. The van der Waals surface area contributed by atoms with E-state index in [-0.39, 0.29) is 24.2 Å². The number of amides is 2. The summed E-state index contributed by atoms with van der Waals surface area (Å²) >= 11 is 0. The van der Waals surface area contributed by atoms with Gasteiger partial charge in [0.25, 0.3) is 0 Å². The SMILES string of the molecule is CN(CC(=O)Nc1ccc(F)cc1)C(=O)/C=C/c1ccco1. The average molecular weight is 302 g/mol. The van der Waals surface area contributed by atoms with Crippen molar-refractivity contribution in [2.24, 2.45) is 0 Å². The molecule has 0 saturated heterocycles. The summed E-state index contributed by atoms with van der Waals surface area (Å²) in [7, 11) is 1.51. The highest BCUT2D eigenvalue weighted by Crippen LogP contribution is 2.08. The van der Waals surface area contributed by atoms with Gasteiger partial charge in [0.05, 0.1) is 12.8 Å². The van der Waals surface area contributed by atoms with Gasteiger partial charge in [-0.25, -0.2) is 4.39 Å². The summed E-state index contributed by atoms with van der Waals surface area (Å²) in [6.07, 6.45) is 4.35. The van der Waals surface area contributed by atoms with Crippen molar-refractivity contribution in [3.63, 3.8) is 0 Å². The van der Waals surface area contributed by atoms with Gasteiger partial charge in [-0.3, -0.25) is 9.59 Å². The van der Waals surface area contributed by atoms with Crippen LogP contribution in [0.5, 0.6) is 0 Å². The quantitative estimate of drug-likeness (QED) is 0.863. The Morgan fingerprint density at radius 3 is 2.64 bits per heavy atom. The first-order valence-electron chi connectivity index (χ1n) is 6.57. The first-order valence-corrected chi connectivity index (χ1v) is 6.57. The molecule has 0 aliphatic heterocycles. The number of halogens is 1. The van der Waals surface area contributed by atoms with Gasteiger partial charge in [0.2, 0.25) is 11.8 Å². The number of nitrogens with one attached hydrogen (secondary N) is 1. The van der Waals surface area contributed by atoms with Crippen LogP contribution in [-0.2, 0) is 9.59 Å². The van der Waals surface area contributed by atoms with Crippen LogP contribution in [0.1, 0.15) is 5.76 Å². The van der Waals surface area contributed by atoms with Gasteiger partial charge in [-0.05, 0) is 42.5 Å². The molecule has 1 aromatic carbocycles. The Balaban J connectivity index is 1.85. The second kappa shape index (κ2) is 7.21. The van der Waals surface area contributed by atoms with E-state index in [9.17, 15) is 14.0 Å². The third kappa shape index (κ3) is 4.59. The molecule has 0 aliphatic carbocycles. The lowest BCUT2D eigenvalue weighted by Gasteiger charge is -2.14. The summed E-state index contributed by atoms with van der Waals surface area (Å²) in [6.45, 7) is -0.112. The monoisotopic (exact) mass is 302 g/mol. The van der Waals surface area contributed by atoms with Crippen LogP contribution >= 0.6 is 0 Å². The molecule has 0 spiro atoms. The topological polar surface area (TPSA) is 62.6 Å². The van der Waals surface area contributed by atoms with E-state index in [0.29, 0.717) is 11.4 Å². The molecule has 0 aliphatic rings. The van der Waals surface area contributed by atoms with Gasteiger partial charge >= 0.3 is 0 Å². The van der Waals surface area contributed by atoms with E-state index in [4.69, 9.17) is 4.42 Å². The molecule has 0 atom stereocenters. The van der Waals surface area contributed by atoms with Gasteiger partial charge < -0.3 is 14.6 Å². The minimum Gasteiger partial charge on any atom is -0.465 e. The van der Waals surface area contributed by atoms with Crippen LogP contribution in [0, 0.1) is 5.82 Å². The maximum atomic E-state index is 12.8. The molecule has 0 saturated carbocycles. The fourth-order valence-electron chi connectivity index (χ4n) is 1.69. The predicted octanol–water partition coefficient (Wildman–Crippen LogP) is 2.53. The Bertz CT molecular complexity index is 663.